The largest absolute Gasteiger partial charge is 0.392 e. The molecule has 0 amide bonds. The van der Waals surface area contributed by atoms with E-state index < -0.39 is 0 Å². The summed E-state index contributed by atoms with van der Waals surface area (Å²) >= 11 is 6.28. The van der Waals surface area contributed by atoms with Crippen molar-refractivity contribution in [3.63, 3.8) is 0 Å². The number of benzene rings is 1. The van der Waals surface area contributed by atoms with Gasteiger partial charge in [0.15, 0.2) is 0 Å². The summed E-state index contributed by atoms with van der Waals surface area (Å²) in [6.45, 7) is 5.38. The van der Waals surface area contributed by atoms with Crippen molar-refractivity contribution in [2.24, 2.45) is 13.0 Å². The van der Waals surface area contributed by atoms with Crippen molar-refractivity contribution >= 4 is 11.6 Å². The summed E-state index contributed by atoms with van der Waals surface area (Å²) in [4.78, 5) is 0. The van der Waals surface area contributed by atoms with Crippen LogP contribution in [0, 0.1) is 5.92 Å². The van der Waals surface area contributed by atoms with Gasteiger partial charge in [0, 0.05) is 37.5 Å². The smallest absolute Gasteiger partial charge is 0.0982 e. The summed E-state index contributed by atoms with van der Waals surface area (Å²) in [6.07, 6.45) is 2.63. The minimum absolute atomic E-state index is 0.296. The molecule has 4 nitrogen and oxygen atoms in total. The SMILES string of the molecule is CCC(C)C(O)CNCc1cn(C)nc1-c1ccccc1Cl. The summed E-state index contributed by atoms with van der Waals surface area (Å²) in [5.74, 6) is 0.296. The molecular formula is C17H24ClN3O. The number of halogens is 1. The molecule has 0 aliphatic rings. The fraction of sp³-hybridized carbons (Fsp3) is 0.471. The molecule has 0 saturated carbocycles. The molecule has 5 heteroatoms. The standard InChI is InChI=1S/C17H24ClN3O/c1-4-12(2)16(22)10-19-9-13-11-21(3)20-17(13)14-7-5-6-8-15(14)18/h5-8,11-12,16,19,22H,4,9-10H2,1-3H3. The number of aryl methyl sites for hydroxylation is 1. The second kappa shape index (κ2) is 7.77. The van der Waals surface area contributed by atoms with E-state index in [-0.39, 0.29) is 6.10 Å². The molecule has 2 atom stereocenters. The average Bonchev–Trinajstić information content (AvgIpc) is 2.87. The zero-order valence-corrected chi connectivity index (χ0v) is 14.1. The maximum Gasteiger partial charge on any atom is 0.0982 e. The molecule has 0 spiro atoms. The van der Waals surface area contributed by atoms with Crippen molar-refractivity contribution in [3.8, 4) is 11.3 Å². The highest BCUT2D eigenvalue weighted by Crippen LogP contribution is 2.28. The van der Waals surface area contributed by atoms with E-state index in [0.717, 1.165) is 23.2 Å². The van der Waals surface area contributed by atoms with Gasteiger partial charge in [-0.2, -0.15) is 5.10 Å². The molecule has 2 unspecified atom stereocenters. The van der Waals surface area contributed by atoms with Crippen LogP contribution in [0.1, 0.15) is 25.8 Å². The van der Waals surface area contributed by atoms with Gasteiger partial charge in [0.1, 0.15) is 0 Å². The molecule has 0 radical (unpaired) electrons. The zero-order valence-electron chi connectivity index (χ0n) is 13.4. The fourth-order valence-corrected chi connectivity index (χ4v) is 2.60. The Balaban J connectivity index is 2.08. The fourth-order valence-electron chi connectivity index (χ4n) is 2.37. The molecule has 1 aromatic heterocycles. The van der Waals surface area contributed by atoms with Crippen LogP contribution in [-0.2, 0) is 13.6 Å². The summed E-state index contributed by atoms with van der Waals surface area (Å²) in [6, 6.07) is 7.71. The van der Waals surface area contributed by atoms with E-state index in [1.807, 2.05) is 37.5 Å². The van der Waals surface area contributed by atoms with Crippen LogP contribution in [0.2, 0.25) is 5.02 Å². The Morgan fingerprint density at radius 2 is 2.09 bits per heavy atom. The van der Waals surface area contributed by atoms with Crippen molar-refractivity contribution in [1.82, 2.24) is 15.1 Å². The van der Waals surface area contributed by atoms with Crippen LogP contribution in [0.15, 0.2) is 30.5 Å². The number of nitrogens with one attached hydrogen (secondary N) is 1. The quantitative estimate of drug-likeness (QED) is 0.823. The Labute approximate surface area is 137 Å². The maximum atomic E-state index is 10.0. The summed E-state index contributed by atoms with van der Waals surface area (Å²) in [5.41, 5.74) is 2.90. The van der Waals surface area contributed by atoms with Crippen LogP contribution in [0.3, 0.4) is 0 Å². The highest BCUT2D eigenvalue weighted by Gasteiger charge is 2.15. The van der Waals surface area contributed by atoms with E-state index >= 15 is 0 Å². The molecule has 0 fully saturated rings. The van der Waals surface area contributed by atoms with Crippen molar-refractivity contribution < 1.29 is 5.11 Å². The summed E-state index contributed by atoms with van der Waals surface area (Å²) < 4.78 is 1.79. The lowest BCUT2D eigenvalue weighted by molar-refractivity contribution is 0.113. The Morgan fingerprint density at radius 3 is 2.77 bits per heavy atom. The van der Waals surface area contributed by atoms with Gasteiger partial charge in [-0.3, -0.25) is 4.68 Å². The van der Waals surface area contributed by atoms with Crippen molar-refractivity contribution in [2.45, 2.75) is 32.9 Å². The molecule has 0 saturated heterocycles. The van der Waals surface area contributed by atoms with E-state index in [2.05, 4.69) is 24.3 Å². The van der Waals surface area contributed by atoms with E-state index in [1.54, 1.807) is 4.68 Å². The van der Waals surface area contributed by atoms with Gasteiger partial charge in [-0.15, -0.1) is 0 Å². The van der Waals surface area contributed by atoms with Crippen LogP contribution in [0.5, 0.6) is 0 Å². The lowest BCUT2D eigenvalue weighted by Gasteiger charge is -2.17. The van der Waals surface area contributed by atoms with Gasteiger partial charge in [-0.1, -0.05) is 50.1 Å². The molecular weight excluding hydrogens is 298 g/mol. The number of hydrogen-bond donors (Lipinski definition) is 2. The first-order valence-electron chi connectivity index (χ1n) is 7.69. The van der Waals surface area contributed by atoms with Gasteiger partial charge in [0.2, 0.25) is 0 Å². The molecule has 120 valence electrons. The van der Waals surface area contributed by atoms with Gasteiger partial charge in [0.05, 0.1) is 16.8 Å². The minimum Gasteiger partial charge on any atom is -0.392 e. The molecule has 2 N–H and O–H groups in total. The molecule has 0 aliphatic carbocycles. The first-order valence-corrected chi connectivity index (χ1v) is 8.07. The highest BCUT2D eigenvalue weighted by molar-refractivity contribution is 6.33. The normalized spacial score (nSPS) is 14.0. The molecule has 0 aliphatic heterocycles. The number of aliphatic hydroxyl groups excluding tert-OH is 1. The first-order chi connectivity index (χ1) is 10.5. The Morgan fingerprint density at radius 1 is 1.36 bits per heavy atom. The second-order valence-corrected chi connectivity index (χ2v) is 6.15. The Hall–Kier alpha value is -1.36. The highest BCUT2D eigenvalue weighted by atomic mass is 35.5. The molecule has 0 bridgehead atoms. The monoisotopic (exact) mass is 321 g/mol. The first kappa shape index (κ1) is 17.0. The minimum atomic E-state index is -0.328. The van der Waals surface area contributed by atoms with Gasteiger partial charge in [-0.25, -0.2) is 0 Å². The lowest BCUT2D eigenvalue weighted by atomic mass is 10.0. The van der Waals surface area contributed by atoms with Crippen molar-refractivity contribution in [2.75, 3.05) is 6.54 Å². The Bertz CT molecular complexity index is 612. The van der Waals surface area contributed by atoms with E-state index in [4.69, 9.17) is 11.6 Å². The van der Waals surface area contributed by atoms with E-state index in [0.29, 0.717) is 24.0 Å². The van der Waals surface area contributed by atoms with Gasteiger partial charge >= 0.3 is 0 Å². The topological polar surface area (TPSA) is 50.1 Å². The van der Waals surface area contributed by atoms with Gasteiger partial charge in [-0.05, 0) is 12.0 Å². The van der Waals surface area contributed by atoms with E-state index in [1.165, 1.54) is 0 Å². The molecule has 1 heterocycles. The van der Waals surface area contributed by atoms with Crippen LogP contribution in [-0.4, -0.2) is 27.5 Å². The third kappa shape index (κ3) is 4.09. The molecule has 1 aromatic carbocycles. The van der Waals surface area contributed by atoms with Crippen molar-refractivity contribution in [1.29, 1.82) is 0 Å². The predicted molar refractivity (Wildman–Crippen MR) is 90.8 cm³/mol. The summed E-state index contributed by atoms with van der Waals surface area (Å²) in [7, 11) is 1.90. The number of aliphatic hydroxyl groups is 1. The average molecular weight is 322 g/mol. The second-order valence-electron chi connectivity index (χ2n) is 5.74. The van der Waals surface area contributed by atoms with Gasteiger partial charge < -0.3 is 10.4 Å². The van der Waals surface area contributed by atoms with Crippen LogP contribution >= 0.6 is 11.6 Å². The number of nitrogens with zero attached hydrogens (tertiary/aromatic N) is 2. The van der Waals surface area contributed by atoms with Crippen molar-refractivity contribution in [3.05, 3.63) is 41.0 Å². The number of aromatic nitrogens is 2. The third-order valence-corrected chi connectivity index (χ3v) is 4.33. The van der Waals surface area contributed by atoms with Crippen LogP contribution in [0.4, 0.5) is 0 Å². The molecule has 2 aromatic rings. The predicted octanol–water partition coefficient (Wildman–Crippen LogP) is 3.24. The summed E-state index contributed by atoms with van der Waals surface area (Å²) in [5, 5.41) is 18.6. The number of hydrogen-bond acceptors (Lipinski definition) is 3. The molecule has 2 rings (SSSR count). The van der Waals surface area contributed by atoms with Crippen LogP contribution in [0.25, 0.3) is 11.3 Å². The van der Waals surface area contributed by atoms with Gasteiger partial charge in [0.25, 0.3) is 0 Å². The maximum absolute atomic E-state index is 10.0. The third-order valence-electron chi connectivity index (χ3n) is 4.00. The van der Waals surface area contributed by atoms with Crippen LogP contribution < -0.4 is 5.32 Å². The Kier molecular flexibility index (Phi) is 6.00. The molecule has 22 heavy (non-hydrogen) atoms. The lowest BCUT2D eigenvalue weighted by Crippen LogP contribution is -2.31. The number of rotatable bonds is 7. The van der Waals surface area contributed by atoms with E-state index in [9.17, 15) is 5.11 Å². The zero-order chi connectivity index (χ0) is 16.1.